The Labute approximate surface area is 95.7 Å². The van der Waals surface area contributed by atoms with Crippen molar-refractivity contribution in [1.82, 2.24) is 5.32 Å². The molecule has 1 aliphatic rings. The van der Waals surface area contributed by atoms with Crippen LogP contribution in [0.5, 0.6) is 0 Å². The van der Waals surface area contributed by atoms with Gasteiger partial charge in [0.15, 0.2) is 0 Å². The van der Waals surface area contributed by atoms with Crippen LogP contribution in [0.1, 0.15) is 0 Å². The highest BCUT2D eigenvalue weighted by Gasteiger charge is 2.23. The second-order valence-corrected chi connectivity index (χ2v) is 3.95. The van der Waals surface area contributed by atoms with E-state index in [2.05, 4.69) is 10.6 Å². The third-order valence-corrected chi connectivity index (χ3v) is 2.67. The predicted octanol–water partition coefficient (Wildman–Crippen LogP) is 1.77. The van der Waals surface area contributed by atoms with Gasteiger partial charge in [-0.25, -0.2) is 4.39 Å². The van der Waals surface area contributed by atoms with Crippen LogP contribution in [0.25, 0.3) is 0 Å². The van der Waals surface area contributed by atoms with Crippen LogP contribution in [0, 0.1) is 15.9 Å². The summed E-state index contributed by atoms with van der Waals surface area (Å²) in [6.07, 6.45) is 0. The molecule has 0 unspecified atom stereocenters. The number of halogens is 2. The Morgan fingerprint density at radius 3 is 2.75 bits per heavy atom. The van der Waals surface area contributed by atoms with Crippen LogP contribution in [0.3, 0.4) is 0 Å². The molecule has 0 radical (unpaired) electrons. The van der Waals surface area contributed by atoms with Crippen molar-refractivity contribution in [3.8, 4) is 0 Å². The van der Waals surface area contributed by atoms with E-state index in [9.17, 15) is 14.5 Å². The zero-order valence-corrected chi connectivity index (χ0v) is 8.92. The largest absolute Gasteiger partial charge is 0.374 e. The second kappa shape index (κ2) is 4.23. The van der Waals surface area contributed by atoms with Crippen LogP contribution >= 0.6 is 11.6 Å². The van der Waals surface area contributed by atoms with Crippen LogP contribution in [0.15, 0.2) is 12.1 Å². The van der Waals surface area contributed by atoms with Gasteiger partial charge in [0.2, 0.25) is 0 Å². The highest BCUT2D eigenvalue weighted by Crippen LogP contribution is 2.30. The summed E-state index contributed by atoms with van der Waals surface area (Å²) in [5.74, 6) is -0.665. The van der Waals surface area contributed by atoms with E-state index in [1.54, 1.807) is 0 Å². The van der Waals surface area contributed by atoms with E-state index in [-0.39, 0.29) is 22.4 Å². The topological polar surface area (TPSA) is 67.2 Å². The van der Waals surface area contributed by atoms with Crippen molar-refractivity contribution in [2.75, 3.05) is 18.4 Å². The molecule has 0 atom stereocenters. The molecule has 1 fully saturated rings. The van der Waals surface area contributed by atoms with Gasteiger partial charge in [0.1, 0.15) is 11.5 Å². The summed E-state index contributed by atoms with van der Waals surface area (Å²) in [7, 11) is 0. The van der Waals surface area contributed by atoms with Gasteiger partial charge in [0, 0.05) is 25.2 Å². The Morgan fingerprint density at radius 2 is 2.25 bits per heavy atom. The Kier molecular flexibility index (Phi) is 2.93. The number of nitro groups is 1. The summed E-state index contributed by atoms with van der Waals surface area (Å²) in [6, 6.07) is 2.17. The van der Waals surface area contributed by atoms with E-state index in [4.69, 9.17) is 11.6 Å². The smallest absolute Gasteiger partial charge is 0.294 e. The quantitative estimate of drug-likeness (QED) is 0.629. The molecule has 1 aromatic carbocycles. The number of nitrogens with zero attached hydrogens (tertiary/aromatic N) is 1. The third kappa shape index (κ3) is 2.07. The number of hydrogen-bond donors (Lipinski definition) is 2. The fraction of sp³-hybridized carbons (Fsp3) is 0.333. The average molecular weight is 246 g/mol. The standard InChI is InChI=1S/C9H9ClFN3O2/c10-6-1-9(14(15)16)8(2-7(6)11)13-5-3-12-4-5/h1-2,5,12-13H,3-4H2. The molecule has 0 aromatic heterocycles. The van der Waals surface area contributed by atoms with Crippen LogP contribution in [0.4, 0.5) is 15.8 Å². The molecule has 1 saturated heterocycles. The lowest BCUT2D eigenvalue weighted by Gasteiger charge is -2.28. The lowest BCUT2D eigenvalue weighted by Crippen LogP contribution is -2.51. The zero-order valence-electron chi connectivity index (χ0n) is 8.17. The average Bonchev–Trinajstić information content (AvgIpc) is 2.16. The Hall–Kier alpha value is -1.40. The first-order valence-electron chi connectivity index (χ1n) is 4.68. The predicted molar refractivity (Wildman–Crippen MR) is 58.3 cm³/mol. The van der Waals surface area contributed by atoms with Crippen molar-refractivity contribution >= 4 is 23.0 Å². The molecule has 16 heavy (non-hydrogen) atoms. The molecule has 2 N–H and O–H groups in total. The summed E-state index contributed by atoms with van der Waals surface area (Å²) in [4.78, 5) is 10.2. The molecule has 0 bridgehead atoms. The molecule has 0 aliphatic carbocycles. The summed E-state index contributed by atoms with van der Waals surface area (Å²) in [5.41, 5.74) is -0.0447. The fourth-order valence-electron chi connectivity index (χ4n) is 1.41. The molecule has 1 aromatic rings. The number of nitrogens with one attached hydrogen (secondary N) is 2. The highest BCUT2D eigenvalue weighted by atomic mass is 35.5. The normalized spacial score (nSPS) is 15.6. The Bertz CT molecular complexity index is 437. The van der Waals surface area contributed by atoms with Gasteiger partial charge in [-0.15, -0.1) is 0 Å². The number of rotatable bonds is 3. The molecule has 1 heterocycles. The van der Waals surface area contributed by atoms with Crippen LogP contribution < -0.4 is 10.6 Å². The van der Waals surface area contributed by atoms with E-state index in [0.29, 0.717) is 13.1 Å². The highest BCUT2D eigenvalue weighted by molar-refractivity contribution is 6.31. The van der Waals surface area contributed by atoms with Gasteiger partial charge in [-0.05, 0) is 0 Å². The van der Waals surface area contributed by atoms with Crippen molar-refractivity contribution in [2.45, 2.75) is 6.04 Å². The van der Waals surface area contributed by atoms with Gasteiger partial charge in [-0.1, -0.05) is 11.6 Å². The first-order chi connectivity index (χ1) is 7.58. The van der Waals surface area contributed by atoms with E-state index in [1.165, 1.54) is 0 Å². The van der Waals surface area contributed by atoms with Gasteiger partial charge in [-0.3, -0.25) is 10.1 Å². The minimum atomic E-state index is -0.665. The van der Waals surface area contributed by atoms with Gasteiger partial charge < -0.3 is 10.6 Å². The lowest BCUT2D eigenvalue weighted by atomic mass is 10.1. The molecule has 7 heteroatoms. The monoisotopic (exact) mass is 245 g/mol. The Balaban J connectivity index is 2.32. The third-order valence-electron chi connectivity index (χ3n) is 2.38. The summed E-state index contributed by atoms with van der Waals surface area (Å²) in [5, 5.41) is 16.4. The maximum atomic E-state index is 13.2. The lowest BCUT2D eigenvalue weighted by molar-refractivity contribution is -0.384. The number of hydrogen-bond acceptors (Lipinski definition) is 4. The first kappa shape index (κ1) is 11.1. The fourth-order valence-corrected chi connectivity index (χ4v) is 1.57. The van der Waals surface area contributed by atoms with Crippen molar-refractivity contribution < 1.29 is 9.31 Å². The zero-order chi connectivity index (χ0) is 11.7. The van der Waals surface area contributed by atoms with Gasteiger partial charge in [-0.2, -0.15) is 0 Å². The molecular weight excluding hydrogens is 237 g/mol. The molecule has 2 rings (SSSR count). The van der Waals surface area contributed by atoms with Crippen molar-refractivity contribution in [2.24, 2.45) is 0 Å². The maximum absolute atomic E-state index is 13.2. The molecule has 5 nitrogen and oxygen atoms in total. The van der Waals surface area contributed by atoms with E-state index in [0.717, 1.165) is 12.1 Å². The Morgan fingerprint density at radius 1 is 1.56 bits per heavy atom. The summed E-state index contributed by atoms with van der Waals surface area (Å²) >= 11 is 5.49. The molecule has 0 spiro atoms. The van der Waals surface area contributed by atoms with E-state index >= 15 is 0 Å². The molecule has 1 aliphatic heterocycles. The minimum Gasteiger partial charge on any atom is -0.374 e. The van der Waals surface area contributed by atoms with Gasteiger partial charge in [0.05, 0.1) is 16.0 Å². The number of anilines is 1. The van der Waals surface area contributed by atoms with E-state index in [1.807, 2.05) is 0 Å². The SMILES string of the molecule is O=[N+]([O-])c1cc(Cl)c(F)cc1NC1CNC1. The van der Waals surface area contributed by atoms with Crippen molar-refractivity contribution in [1.29, 1.82) is 0 Å². The summed E-state index contributed by atoms with van der Waals surface area (Å²) in [6.45, 7) is 1.42. The molecule has 0 amide bonds. The van der Waals surface area contributed by atoms with Crippen molar-refractivity contribution in [3.63, 3.8) is 0 Å². The summed E-state index contributed by atoms with van der Waals surface area (Å²) < 4.78 is 13.2. The van der Waals surface area contributed by atoms with Gasteiger partial charge in [0.25, 0.3) is 5.69 Å². The number of nitro benzene ring substituents is 1. The molecule has 86 valence electrons. The second-order valence-electron chi connectivity index (χ2n) is 3.54. The van der Waals surface area contributed by atoms with Crippen LogP contribution in [0.2, 0.25) is 5.02 Å². The number of benzene rings is 1. The van der Waals surface area contributed by atoms with E-state index < -0.39 is 10.7 Å². The van der Waals surface area contributed by atoms with Crippen molar-refractivity contribution in [3.05, 3.63) is 33.1 Å². The first-order valence-corrected chi connectivity index (χ1v) is 5.06. The van der Waals surface area contributed by atoms with Crippen LogP contribution in [-0.4, -0.2) is 24.1 Å². The molecule has 0 saturated carbocycles. The molecular formula is C9H9ClFN3O2. The van der Waals surface area contributed by atoms with Gasteiger partial charge >= 0.3 is 0 Å². The minimum absolute atomic E-state index is 0.0966. The van der Waals surface area contributed by atoms with Crippen LogP contribution in [-0.2, 0) is 0 Å². The maximum Gasteiger partial charge on any atom is 0.294 e.